The van der Waals surface area contributed by atoms with E-state index >= 15 is 0 Å². The molecule has 0 spiro atoms. The Bertz CT molecular complexity index is 3590. The minimum absolute atomic E-state index is 0.694. The molecule has 294 valence electrons. The highest BCUT2D eigenvalue weighted by Crippen LogP contribution is 2.40. The van der Waals surface area contributed by atoms with Crippen molar-refractivity contribution in [1.82, 2.24) is 19.5 Å². The maximum absolute atomic E-state index is 5.17. The second-order valence-corrected chi connectivity index (χ2v) is 16.0. The van der Waals surface area contributed by atoms with Crippen LogP contribution in [0.25, 0.3) is 117 Å². The van der Waals surface area contributed by atoms with Crippen LogP contribution in [0.2, 0.25) is 0 Å². The summed E-state index contributed by atoms with van der Waals surface area (Å²) >= 11 is 0. The zero-order chi connectivity index (χ0) is 41.7. The van der Waals surface area contributed by atoms with Crippen molar-refractivity contribution in [3.8, 4) is 73.1 Å². The molecule has 0 aliphatic heterocycles. The fraction of sp³-hybridized carbons (Fsp3) is 0. The molecule has 0 aliphatic carbocycles. The van der Waals surface area contributed by atoms with Gasteiger partial charge in [-0.1, -0.05) is 188 Å². The summed E-state index contributed by atoms with van der Waals surface area (Å²) in [5, 5.41) is 6.00. The van der Waals surface area contributed by atoms with Crippen molar-refractivity contribution >= 4 is 43.5 Å². The van der Waals surface area contributed by atoms with Gasteiger partial charge >= 0.3 is 0 Å². The highest BCUT2D eigenvalue weighted by atomic mass is 15.0. The van der Waals surface area contributed by atoms with E-state index in [9.17, 15) is 0 Å². The van der Waals surface area contributed by atoms with Gasteiger partial charge in [-0.05, 0) is 64.7 Å². The van der Waals surface area contributed by atoms with Gasteiger partial charge < -0.3 is 4.57 Å². The van der Waals surface area contributed by atoms with Crippen LogP contribution in [0.4, 0.5) is 0 Å². The summed E-state index contributed by atoms with van der Waals surface area (Å²) in [5.74, 6) is 0.694. The Balaban J connectivity index is 0.913. The van der Waals surface area contributed by atoms with Crippen LogP contribution in [0, 0.1) is 0 Å². The molecule has 0 bridgehead atoms. The van der Waals surface area contributed by atoms with Crippen LogP contribution in [0.3, 0.4) is 0 Å². The van der Waals surface area contributed by atoms with Gasteiger partial charge in [-0.3, -0.25) is 0 Å². The largest absolute Gasteiger partial charge is 0.309 e. The molecule has 0 N–H and O–H groups in total. The Hall–Kier alpha value is -8.47. The number of aromatic nitrogens is 4. The van der Waals surface area contributed by atoms with E-state index in [2.05, 4.69) is 217 Å². The van der Waals surface area contributed by atoms with E-state index in [-0.39, 0.29) is 0 Å². The number of para-hydroxylation sites is 3. The molecule has 0 saturated heterocycles. The van der Waals surface area contributed by atoms with Crippen LogP contribution in [-0.2, 0) is 0 Å². The lowest BCUT2D eigenvalue weighted by molar-refractivity contribution is 1.17. The van der Waals surface area contributed by atoms with E-state index in [1.807, 2.05) is 18.2 Å². The van der Waals surface area contributed by atoms with Gasteiger partial charge in [0.1, 0.15) is 0 Å². The molecule has 0 fully saturated rings. The fourth-order valence-corrected chi connectivity index (χ4v) is 9.20. The molecule has 3 heterocycles. The number of rotatable bonds is 7. The zero-order valence-electron chi connectivity index (χ0n) is 34.2. The Morgan fingerprint density at radius 3 is 1.49 bits per heavy atom. The van der Waals surface area contributed by atoms with Crippen LogP contribution in [0.15, 0.2) is 231 Å². The summed E-state index contributed by atoms with van der Waals surface area (Å²) < 4.78 is 2.34. The molecule has 0 radical (unpaired) electrons. The minimum Gasteiger partial charge on any atom is -0.309 e. The van der Waals surface area contributed by atoms with Crippen LogP contribution >= 0.6 is 0 Å². The Kier molecular flexibility index (Phi) is 8.79. The van der Waals surface area contributed by atoms with Crippen molar-refractivity contribution in [3.05, 3.63) is 231 Å². The highest BCUT2D eigenvalue weighted by molar-refractivity contribution is 6.17. The summed E-state index contributed by atoms with van der Waals surface area (Å²) in [6.07, 6.45) is 0. The lowest BCUT2D eigenvalue weighted by atomic mass is 9.91. The number of pyridine rings is 1. The molecule has 63 heavy (non-hydrogen) atoms. The highest BCUT2D eigenvalue weighted by Gasteiger charge is 2.17. The summed E-state index contributed by atoms with van der Waals surface area (Å²) in [4.78, 5) is 15.5. The number of hydrogen-bond acceptors (Lipinski definition) is 3. The van der Waals surface area contributed by atoms with E-state index in [1.54, 1.807) is 0 Å². The average molecular weight is 803 g/mol. The maximum Gasteiger partial charge on any atom is 0.160 e. The molecular formula is C59H38N4. The van der Waals surface area contributed by atoms with Gasteiger partial charge in [0.05, 0.1) is 33.6 Å². The quantitative estimate of drug-likeness (QED) is 0.151. The first-order valence-electron chi connectivity index (χ1n) is 21.4. The van der Waals surface area contributed by atoms with Crippen LogP contribution in [0.5, 0.6) is 0 Å². The molecule has 4 nitrogen and oxygen atoms in total. The molecule has 0 saturated carbocycles. The van der Waals surface area contributed by atoms with Gasteiger partial charge in [0.15, 0.2) is 5.82 Å². The van der Waals surface area contributed by atoms with Gasteiger partial charge in [0.2, 0.25) is 0 Å². The molecule has 12 aromatic rings. The third-order valence-electron chi connectivity index (χ3n) is 12.2. The zero-order valence-corrected chi connectivity index (χ0v) is 34.2. The van der Waals surface area contributed by atoms with Gasteiger partial charge in [0, 0.05) is 54.9 Å². The molecule has 12 rings (SSSR count). The van der Waals surface area contributed by atoms with Crippen LogP contribution < -0.4 is 0 Å². The van der Waals surface area contributed by atoms with Gasteiger partial charge in [-0.15, -0.1) is 0 Å². The second kappa shape index (κ2) is 15.2. The molecule has 4 heteroatoms. The van der Waals surface area contributed by atoms with E-state index in [1.165, 1.54) is 32.8 Å². The topological polar surface area (TPSA) is 43.6 Å². The average Bonchev–Trinajstić information content (AvgIpc) is 3.71. The standard InChI is InChI=1S/C59H38N4/c1-3-15-42(16-4-1)58-51-25-14-24-47(57(51)50-23-7-10-26-52(50)60-58)45-20-13-19-44(37-45)39-29-31-40(32-30-39)53-38-54(62-59(61-53)43-17-5-2-6-18-43)41-33-35-46(36-34-41)63-55-27-11-8-21-48(55)49-22-9-12-28-56(49)63/h1-38H. The van der Waals surface area contributed by atoms with E-state index in [0.717, 1.165) is 78.0 Å². The van der Waals surface area contributed by atoms with Crippen molar-refractivity contribution in [1.29, 1.82) is 0 Å². The minimum atomic E-state index is 0.694. The normalized spacial score (nSPS) is 11.5. The number of nitrogens with zero attached hydrogens (tertiary/aromatic N) is 4. The predicted molar refractivity (Wildman–Crippen MR) is 262 cm³/mol. The Labute approximate surface area is 365 Å². The predicted octanol–water partition coefficient (Wildman–Crippen LogP) is 15.3. The fourth-order valence-electron chi connectivity index (χ4n) is 9.20. The van der Waals surface area contributed by atoms with Crippen molar-refractivity contribution in [2.75, 3.05) is 0 Å². The first-order chi connectivity index (χ1) is 31.2. The van der Waals surface area contributed by atoms with Crippen molar-refractivity contribution in [3.63, 3.8) is 0 Å². The summed E-state index contributed by atoms with van der Waals surface area (Å²) in [6.45, 7) is 0. The second-order valence-electron chi connectivity index (χ2n) is 16.0. The molecule has 0 amide bonds. The smallest absolute Gasteiger partial charge is 0.160 e. The first kappa shape index (κ1) is 36.4. The third-order valence-corrected chi connectivity index (χ3v) is 12.2. The lowest BCUT2D eigenvalue weighted by Gasteiger charge is -2.15. The molecule has 3 aromatic heterocycles. The molecule has 0 unspecified atom stereocenters. The van der Waals surface area contributed by atoms with Gasteiger partial charge in [-0.25, -0.2) is 15.0 Å². The third kappa shape index (κ3) is 6.44. The van der Waals surface area contributed by atoms with Crippen molar-refractivity contribution < 1.29 is 0 Å². The Morgan fingerprint density at radius 2 is 0.810 bits per heavy atom. The molecule has 0 aliphatic rings. The van der Waals surface area contributed by atoms with Gasteiger partial charge in [0.25, 0.3) is 0 Å². The summed E-state index contributed by atoms with van der Waals surface area (Å²) in [5.41, 5.74) is 16.0. The molecule has 0 atom stereocenters. The lowest BCUT2D eigenvalue weighted by Crippen LogP contribution is -1.97. The van der Waals surface area contributed by atoms with Crippen molar-refractivity contribution in [2.45, 2.75) is 0 Å². The van der Waals surface area contributed by atoms with Crippen LogP contribution in [-0.4, -0.2) is 19.5 Å². The summed E-state index contributed by atoms with van der Waals surface area (Å²) in [7, 11) is 0. The maximum atomic E-state index is 5.17. The SMILES string of the molecule is c1ccc(-c2nc(-c3ccc(-c4cccc(-c5cccc6c(-c7ccccc7)nc7ccccc7c56)c4)cc3)cc(-c3ccc(-n4c5ccccc5c5ccccc54)cc3)n2)cc1. The molecule has 9 aromatic carbocycles. The summed E-state index contributed by atoms with van der Waals surface area (Å²) in [6, 6.07) is 81.5. The van der Waals surface area contributed by atoms with Gasteiger partial charge in [-0.2, -0.15) is 0 Å². The molecular weight excluding hydrogens is 765 g/mol. The van der Waals surface area contributed by atoms with E-state index in [4.69, 9.17) is 15.0 Å². The number of fused-ring (bicyclic) bond motifs is 6. The van der Waals surface area contributed by atoms with E-state index in [0.29, 0.717) is 5.82 Å². The van der Waals surface area contributed by atoms with Crippen LogP contribution in [0.1, 0.15) is 0 Å². The number of hydrogen-bond donors (Lipinski definition) is 0. The Morgan fingerprint density at radius 1 is 0.302 bits per heavy atom. The van der Waals surface area contributed by atoms with Crippen molar-refractivity contribution in [2.24, 2.45) is 0 Å². The van der Waals surface area contributed by atoms with E-state index < -0.39 is 0 Å². The first-order valence-corrected chi connectivity index (χ1v) is 21.4. The number of benzene rings is 9. The monoisotopic (exact) mass is 802 g/mol.